The van der Waals surface area contributed by atoms with Gasteiger partial charge in [-0.15, -0.1) is 15.3 Å². The lowest BCUT2D eigenvalue weighted by Crippen LogP contribution is -2.30. The van der Waals surface area contributed by atoms with Gasteiger partial charge in [0.1, 0.15) is 6.33 Å². The number of sulfonamides is 1. The highest BCUT2D eigenvalue weighted by Crippen LogP contribution is 2.21. The summed E-state index contributed by atoms with van der Waals surface area (Å²) >= 11 is 0. The van der Waals surface area contributed by atoms with Gasteiger partial charge in [0, 0.05) is 18.7 Å². The Morgan fingerprint density at radius 2 is 1.78 bits per heavy atom. The Morgan fingerprint density at radius 1 is 1.04 bits per heavy atom. The molecule has 10 nitrogen and oxygen atoms in total. The van der Waals surface area contributed by atoms with Gasteiger partial charge in [-0.1, -0.05) is 0 Å². The van der Waals surface area contributed by atoms with Crippen LogP contribution in [0.5, 0.6) is 0 Å². The van der Waals surface area contributed by atoms with E-state index in [0.717, 1.165) is 12.8 Å². The Morgan fingerprint density at radius 3 is 2.52 bits per heavy atom. The van der Waals surface area contributed by atoms with Crippen molar-refractivity contribution in [2.75, 3.05) is 18.5 Å². The number of hydrogen-bond donors (Lipinski definition) is 2. The number of hydrogen-bond acceptors (Lipinski definition) is 7. The second-order valence-electron chi connectivity index (χ2n) is 6.07. The first-order valence-corrected chi connectivity index (χ1v) is 9.82. The molecule has 1 saturated heterocycles. The third kappa shape index (κ3) is 3.46. The van der Waals surface area contributed by atoms with Gasteiger partial charge in [0.2, 0.25) is 10.0 Å². The molecule has 1 amide bonds. The molecule has 1 aliphatic rings. The molecule has 2 N–H and O–H groups in total. The highest BCUT2D eigenvalue weighted by Gasteiger charge is 2.27. The zero-order valence-electron chi connectivity index (χ0n) is 14.2. The van der Waals surface area contributed by atoms with E-state index in [1.54, 1.807) is 12.1 Å². The summed E-state index contributed by atoms with van der Waals surface area (Å²) in [6, 6.07) is 9.21. The van der Waals surface area contributed by atoms with Gasteiger partial charge >= 0.3 is 0 Å². The molecule has 1 fully saturated rings. The van der Waals surface area contributed by atoms with Crippen LogP contribution in [0.4, 0.5) is 5.82 Å². The summed E-state index contributed by atoms with van der Waals surface area (Å²) < 4.78 is 27.9. The number of nitrogens with one attached hydrogen (secondary N) is 2. The zero-order valence-corrected chi connectivity index (χ0v) is 15.1. The van der Waals surface area contributed by atoms with Crippen LogP contribution in [0.25, 0.3) is 5.65 Å². The van der Waals surface area contributed by atoms with Crippen LogP contribution < -0.4 is 10.9 Å². The van der Waals surface area contributed by atoms with Crippen molar-refractivity contribution >= 4 is 27.4 Å². The monoisotopic (exact) mass is 387 g/mol. The maximum absolute atomic E-state index is 12.5. The van der Waals surface area contributed by atoms with Gasteiger partial charge in [-0.25, -0.2) is 8.42 Å². The van der Waals surface area contributed by atoms with Crippen LogP contribution >= 0.6 is 0 Å². The summed E-state index contributed by atoms with van der Waals surface area (Å²) in [4.78, 5) is 12.4. The molecule has 0 spiro atoms. The predicted octanol–water partition coefficient (Wildman–Crippen LogP) is 0.666. The molecule has 140 valence electrons. The minimum Gasteiger partial charge on any atom is -0.280 e. The van der Waals surface area contributed by atoms with E-state index in [2.05, 4.69) is 26.1 Å². The molecule has 3 heterocycles. The third-order valence-corrected chi connectivity index (χ3v) is 6.20. The fourth-order valence-corrected chi connectivity index (χ4v) is 4.36. The van der Waals surface area contributed by atoms with Gasteiger partial charge in [0.25, 0.3) is 5.91 Å². The van der Waals surface area contributed by atoms with Gasteiger partial charge in [-0.05, 0) is 49.2 Å². The molecule has 0 atom stereocenters. The number of anilines is 1. The Kier molecular flexibility index (Phi) is 4.46. The van der Waals surface area contributed by atoms with E-state index in [-0.39, 0.29) is 4.90 Å². The normalized spacial score (nSPS) is 15.1. The summed E-state index contributed by atoms with van der Waals surface area (Å²) in [6.07, 6.45) is 3.20. The topological polar surface area (TPSA) is 122 Å². The molecule has 0 unspecified atom stereocenters. The van der Waals surface area contributed by atoms with E-state index in [9.17, 15) is 13.2 Å². The van der Waals surface area contributed by atoms with Crippen LogP contribution in [0.2, 0.25) is 0 Å². The average molecular weight is 387 g/mol. The van der Waals surface area contributed by atoms with Gasteiger partial charge in [-0.3, -0.25) is 15.6 Å². The SMILES string of the molecule is O=C(NNc1ccc2nncn2n1)c1ccc(S(=O)(=O)N2CCCC2)cc1. The molecule has 1 aliphatic heterocycles. The van der Waals surface area contributed by atoms with Crippen LogP contribution in [0.1, 0.15) is 23.2 Å². The Balaban J connectivity index is 1.42. The predicted molar refractivity (Wildman–Crippen MR) is 96.3 cm³/mol. The largest absolute Gasteiger partial charge is 0.280 e. The van der Waals surface area contributed by atoms with Crippen molar-refractivity contribution in [3.05, 3.63) is 48.3 Å². The summed E-state index contributed by atoms with van der Waals surface area (Å²) in [5.74, 6) is -0.00495. The van der Waals surface area contributed by atoms with Crippen molar-refractivity contribution in [2.24, 2.45) is 0 Å². The van der Waals surface area contributed by atoms with Crippen molar-refractivity contribution in [3.8, 4) is 0 Å². The highest BCUT2D eigenvalue weighted by atomic mass is 32.2. The molecule has 27 heavy (non-hydrogen) atoms. The maximum Gasteiger partial charge on any atom is 0.269 e. The lowest BCUT2D eigenvalue weighted by atomic mass is 10.2. The van der Waals surface area contributed by atoms with Crippen molar-refractivity contribution in [3.63, 3.8) is 0 Å². The molecule has 11 heteroatoms. The summed E-state index contributed by atoms with van der Waals surface area (Å²) in [7, 11) is -3.49. The van der Waals surface area contributed by atoms with E-state index < -0.39 is 15.9 Å². The lowest BCUT2D eigenvalue weighted by Gasteiger charge is -2.15. The van der Waals surface area contributed by atoms with Crippen LogP contribution in [0, 0.1) is 0 Å². The number of nitrogens with zero attached hydrogens (tertiary/aromatic N) is 5. The number of fused-ring (bicyclic) bond motifs is 1. The number of amides is 1. The Labute approximate surface area is 155 Å². The van der Waals surface area contributed by atoms with Crippen LogP contribution in [-0.2, 0) is 10.0 Å². The fraction of sp³-hybridized carbons (Fsp3) is 0.250. The second-order valence-corrected chi connectivity index (χ2v) is 8.00. The molecule has 1 aromatic carbocycles. The van der Waals surface area contributed by atoms with Gasteiger partial charge in [0.15, 0.2) is 11.5 Å². The number of carbonyl (C=O) groups excluding carboxylic acids is 1. The van der Waals surface area contributed by atoms with Crippen molar-refractivity contribution < 1.29 is 13.2 Å². The van der Waals surface area contributed by atoms with E-state index >= 15 is 0 Å². The first-order valence-electron chi connectivity index (χ1n) is 8.38. The molecular weight excluding hydrogens is 370 g/mol. The Bertz CT molecular complexity index is 1070. The zero-order chi connectivity index (χ0) is 18.9. The smallest absolute Gasteiger partial charge is 0.269 e. The van der Waals surface area contributed by atoms with Crippen LogP contribution in [-0.4, -0.2) is 51.5 Å². The van der Waals surface area contributed by atoms with Gasteiger partial charge < -0.3 is 0 Å². The number of benzene rings is 1. The summed E-state index contributed by atoms with van der Waals surface area (Å²) in [5, 5.41) is 11.7. The van der Waals surface area contributed by atoms with Crippen LogP contribution in [0.3, 0.4) is 0 Å². The molecule has 0 aliphatic carbocycles. The van der Waals surface area contributed by atoms with Gasteiger partial charge in [0.05, 0.1) is 4.90 Å². The van der Waals surface area contributed by atoms with Crippen molar-refractivity contribution in [1.82, 2.24) is 29.5 Å². The van der Waals surface area contributed by atoms with Gasteiger partial charge in [-0.2, -0.15) is 8.82 Å². The third-order valence-electron chi connectivity index (χ3n) is 4.29. The molecular formula is C16H17N7O3S. The van der Waals surface area contributed by atoms with Crippen molar-refractivity contribution in [1.29, 1.82) is 0 Å². The van der Waals surface area contributed by atoms with E-state index in [1.165, 1.54) is 39.4 Å². The summed E-state index contributed by atoms with van der Waals surface area (Å²) in [5.41, 5.74) is 6.13. The molecule has 2 aromatic heterocycles. The number of aromatic nitrogens is 4. The number of carbonyl (C=O) groups is 1. The van der Waals surface area contributed by atoms with Crippen molar-refractivity contribution in [2.45, 2.75) is 17.7 Å². The van der Waals surface area contributed by atoms with E-state index in [1.807, 2.05) is 0 Å². The second kappa shape index (κ2) is 6.93. The average Bonchev–Trinajstić information content (AvgIpc) is 3.37. The quantitative estimate of drug-likeness (QED) is 0.617. The first kappa shape index (κ1) is 17.4. The number of rotatable bonds is 5. The number of hydrazine groups is 1. The minimum atomic E-state index is -3.49. The standard InChI is InChI=1S/C16H17N7O3S/c24-16(20-18-14-7-8-15-19-17-11-23(15)21-14)12-3-5-13(6-4-12)27(25,26)22-9-1-2-10-22/h3-8,11H,1-2,9-10H2,(H,18,21)(H,20,24). The van der Waals surface area contributed by atoms with E-state index in [0.29, 0.717) is 30.1 Å². The minimum absolute atomic E-state index is 0.189. The Hall–Kier alpha value is -3.05. The molecule has 3 aromatic rings. The molecule has 4 rings (SSSR count). The maximum atomic E-state index is 12.5. The first-order chi connectivity index (χ1) is 13.0. The fourth-order valence-electron chi connectivity index (χ4n) is 2.84. The highest BCUT2D eigenvalue weighted by molar-refractivity contribution is 7.89. The molecule has 0 saturated carbocycles. The molecule has 0 radical (unpaired) electrons. The lowest BCUT2D eigenvalue weighted by molar-refractivity contribution is 0.0962. The molecule has 0 bridgehead atoms. The van der Waals surface area contributed by atoms with E-state index in [4.69, 9.17) is 0 Å². The summed E-state index contributed by atoms with van der Waals surface area (Å²) in [6.45, 7) is 1.08. The van der Waals surface area contributed by atoms with Crippen LogP contribution in [0.15, 0.2) is 47.6 Å².